The van der Waals surface area contributed by atoms with Gasteiger partial charge in [-0.1, -0.05) is 31.2 Å². The van der Waals surface area contributed by atoms with Crippen molar-refractivity contribution in [3.05, 3.63) is 59.0 Å². The van der Waals surface area contributed by atoms with Gasteiger partial charge in [0.1, 0.15) is 18.1 Å². The second-order valence-corrected chi connectivity index (χ2v) is 8.10. The van der Waals surface area contributed by atoms with Gasteiger partial charge in [0.15, 0.2) is 0 Å². The van der Waals surface area contributed by atoms with Crippen LogP contribution in [0.2, 0.25) is 0 Å². The first-order chi connectivity index (χ1) is 14.1. The molecule has 1 fully saturated rings. The van der Waals surface area contributed by atoms with Crippen LogP contribution in [-0.4, -0.2) is 42.2 Å². The molecule has 0 bridgehead atoms. The number of aliphatic hydroxyl groups is 1. The highest BCUT2D eigenvalue weighted by Gasteiger charge is 2.53. The summed E-state index contributed by atoms with van der Waals surface area (Å²) in [5, 5.41) is 12.4. The summed E-state index contributed by atoms with van der Waals surface area (Å²) >= 11 is 0. The van der Waals surface area contributed by atoms with E-state index in [0.29, 0.717) is 12.2 Å². The van der Waals surface area contributed by atoms with Crippen LogP contribution in [0.1, 0.15) is 54.9 Å². The normalized spacial score (nSPS) is 23.3. The number of methoxy groups -OCH3 is 1. The number of carbonyl (C=O) groups excluding carboxylic acids is 1. The van der Waals surface area contributed by atoms with Crippen LogP contribution in [-0.2, 0) is 28.1 Å². The van der Waals surface area contributed by atoms with E-state index in [1.54, 1.807) is 7.11 Å². The molecule has 1 aliphatic carbocycles. The molecule has 1 aliphatic heterocycles. The molecule has 2 atom stereocenters. The van der Waals surface area contributed by atoms with Gasteiger partial charge >= 0.3 is 0 Å². The van der Waals surface area contributed by atoms with E-state index < -0.39 is 0 Å². The summed E-state index contributed by atoms with van der Waals surface area (Å²) in [5.41, 5.74) is 2.41. The quantitative estimate of drug-likeness (QED) is 0.783. The van der Waals surface area contributed by atoms with Gasteiger partial charge in [-0.2, -0.15) is 0 Å². The first-order valence-corrected chi connectivity index (χ1v) is 10.4. The average molecular weight is 399 g/mol. The van der Waals surface area contributed by atoms with Gasteiger partial charge in [0.05, 0.1) is 18.7 Å². The number of ether oxygens (including phenoxy) is 1. The molecule has 4 rings (SSSR count). The molecule has 1 spiro atoms. The lowest BCUT2D eigenvalue weighted by molar-refractivity contribution is -0.123. The zero-order valence-corrected chi connectivity index (χ0v) is 17.2. The zero-order chi connectivity index (χ0) is 20.4. The summed E-state index contributed by atoms with van der Waals surface area (Å²) in [6, 6.07) is 12.1. The Kier molecular flexibility index (Phi) is 5.76. The molecule has 6 nitrogen and oxygen atoms in total. The summed E-state index contributed by atoms with van der Waals surface area (Å²) in [5.74, 6) is 1.54. The van der Waals surface area contributed by atoms with Crippen LogP contribution in [0, 0.1) is 0 Å². The number of piperidine rings is 1. The van der Waals surface area contributed by atoms with Crippen LogP contribution < -0.4 is 5.32 Å². The lowest BCUT2D eigenvalue weighted by Crippen LogP contribution is -2.50. The third-order valence-corrected chi connectivity index (χ3v) is 6.57. The Morgan fingerprint density at radius 3 is 2.62 bits per heavy atom. The Morgan fingerprint density at radius 2 is 1.97 bits per heavy atom. The number of likely N-dealkylation sites (tertiary alicyclic amines) is 1. The van der Waals surface area contributed by atoms with Crippen molar-refractivity contribution in [1.82, 2.24) is 10.2 Å². The van der Waals surface area contributed by atoms with Gasteiger partial charge in [0.2, 0.25) is 5.91 Å². The summed E-state index contributed by atoms with van der Waals surface area (Å²) in [6.45, 7) is 4.41. The monoisotopic (exact) mass is 398 g/mol. The number of amides is 1. The number of hydrogen-bond donors (Lipinski definition) is 2. The number of carbonyl (C=O) groups is 1. The SMILES string of the molecule is CCC(=O)N[C@@H]1c2ccccc2C2(CCN(Cc3ccc(CO)o3)CC2)[C@H]1OC. The second-order valence-electron chi connectivity index (χ2n) is 8.10. The van der Waals surface area contributed by atoms with Gasteiger partial charge in [0.25, 0.3) is 0 Å². The number of rotatable bonds is 6. The van der Waals surface area contributed by atoms with Crippen molar-refractivity contribution >= 4 is 5.91 Å². The van der Waals surface area contributed by atoms with Gasteiger partial charge in [-0.15, -0.1) is 0 Å². The first-order valence-electron chi connectivity index (χ1n) is 10.4. The minimum absolute atomic E-state index is 0.0545. The van der Waals surface area contributed by atoms with E-state index in [2.05, 4.69) is 28.4 Å². The van der Waals surface area contributed by atoms with Crippen molar-refractivity contribution in [2.24, 2.45) is 0 Å². The van der Waals surface area contributed by atoms with Crippen molar-refractivity contribution in [2.75, 3.05) is 20.2 Å². The number of furan rings is 1. The fraction of sp³-hybridized carbons (Fsp3) is 0.522. The van der Waals surface area contributed by atoms with Crippen molar-refractivity contribution in [3.8, 4) is 0 Å². The Labute approximate surface area is 171 Å². The molecule has 2 heterocycles. The van der Waals surface area contributed by atoms with Crippen LogP contribution in [0.25, 0.3) is 0 Å². The van der Waals surface area contributed by atoms with Crippen molar-refractivity contribution < 1.29 is 19.1 Å². The van der Waals surface area contributed by atoms with Crippen LogP contribution in [0.5, 0.6) is 0 Å². The minimum Gasteiger partial charge on any atom is -0.462 e. The number of nitrogens with one attached hydrogen (secondary N) is 1. The fourth-order valence-electron chi connectivity index (χ4n) is 5.12. The maximum Gasteiger partial charge on any atom is 0.220 e. The van der Waals surface area contributed by atoms with Crippen molar-refractivity contribution in [3.63, 3.8) is 0 Å². The molecule has 2 N–H and O–H groups in total. The van der Waals surface area contributed by atoms with Gasteiger partial charge in [0, 0.05) is 18.9 Å². The van der Waals surface area contributed by atoms with Crippen molar-refractivity contribution in [2.45, 2.75) is 56.9 Å². The summed E-state index contributed by atoms with van der Waals surface area (Å²) in [4.78, 5) is 14.6. The highest BCUT2D eigenvalue weighted by atomic mass is 16.5. The van der Waals surface area contributed by atoms with E-state index >= 15 is 0 Å². The summed E-state index contributed by atoms with van der Waals surface area (Å²) < 4.78 is 11.7. The average Bonchev–Trinajstić information content (AvgIpc) is 3.31. The van der Waals surface area contributed by atoms with Crippen LogP contribution in [0.4, 0.5) is 0 Å². The molecule has 1 aromatic heterocycles. The predicted octanol–water partition coefficient (Wildman–Crippen LogP) is 2.90. The summed E-state index contributed by atoms with van der Waals surface area (Å²) in [6.07, 6.45) is 2.33. The van der Waals surface area contributed by atoms with E-state index in [1.807, 2.05) is 25.1 Å². The highest BCUT2D eigenvalue weighted by molar-refractivity contribution is 5.76. The van der Waals surface area contributed by atoms with E-state index in [-0.39, 0.29) is 30.1 Å². The first kappa shape index (κ1) is 20.1. The molecule has 6 heteroatoms. The molecule has 1 aromatic carbocycles. The van der Waals surface area contributed by atoms with Crippen LogP contribution >= 0.6 is 0 Å². The molecule has 0 saturated carbocycles. The standard InChI is InChI=1S/C23H30N2O4/c1-3-20(27)24-21-18-6-4-5-7-19(18)23(22(21)28-2)10-12-25(13-11-23)14-16-8-9-17(15-26)29-16/h4-9,21-22,26H,3,10-15H2,1-2H3,(H,24,27)/t21-,22+/m1/s1. The maximum atomic E-state index is 12.2. The topological polar surface area (TPSA) is 74.9 Å². The molecule has 29 heavy (non-hydrogen) atoms. The number of aliphatic hydroxyl groups excluding tert-OH is 1. The summed E-state index contributed by atoms with van der Waals surface area (Å²) in [7, 11) is 1.76. The van der Waals surface area contributed by atoms with Gasteiger partial charge < -0.3 is 19.6 Å². The maximum absolute atomic E-state index is 12.2. The molecule has 156 valence electrons. The smallest absolute Gasteiger partial charge is 0.220 e. The van der Waals surface area contributed by atoms with E-state index in [4.69, 9.17) is 9.15 Å². The zero-order valence-electron chi connectivity index (χ0n) is 17.2. The fourth-order valence-corrected chi connectivity index (χ4v) is 5.12. The molecular formula is C23H30N2O4. The third-order valence-electron chi connectivity index (χ3n) is 6.57. The van der Waals surface area contributed by atoms with Crippen LogP contribution in [0.15, 0.2) is 40.8 Å². The number of benzene rings is 1. The Bertz CT molecular complexity index is 854. The van der Waals surface area contributed by atoms with E-state index in [1.165, 1.54) is 11.1 Å². The van der Waals surface area contributed by atoms with Gasteiger partial charge in [-0.25, -0.2) is 0 Å². The number of fused-ring (bicyclic) bond motifs is 2. The molecule has 2 aromatic rings. The van der Waals surface area contributed by atoms with E-state index in [0.717, 1.165) is 38.2 Å². The van der Waals surface area contributed by atoms with Crippen LogP contribution in [0.3, 0.4) is 0 Å². The molecule has 1 saturated heterocycles. The predicted molar refractivity (Wildman–Crippen MR) is 109 cm³/mol. The number of hydrogen-bond acceptors (Lipinski definition) is 5. The third kappa shape index (κ3) is 3.61. The molecule has 1 amide bonds. The molecule has 2 aliphatic rings. The minimum atomic E-state index is -0.104. The lowest BCUT2D eigenvalue weighted by Gasteiger charge is -2.44. The second kappa shape index (κ2) is 8.30. The number of nitrogens with zero attached hydrogens (tertiary/aromatic N) is 1. The Balaban J connectivity index is 1.54. The largest absolute Gasteiger partial charge is 0.462 e. The Hall–Kier alpha value is -2.15. The highest BCUT2D eigenvalue weighted by Crippen LogP contribution is 2.52. The molecular weight excluding hydrogens is 368 g/mol. The van der Waals surface area contributed by atoms with Crippen molar-refractivity contribution in [1.29, 1.82) is 0 Å². The Morgan fingerprint density at radius 1 is 1.24 bits per heavy atom. The molecule has 0 radical (unpaired) electrons. The molecule has 0 unspecified atom stereocenters. The van der Waals surface area contributed by atoms with Gasteiger partial charge in [-0.3, -0.25) is 9.69 Å². The van der Waals surface area contributed by atoms with Gasteiger partial charge in [-0.05, 0) is 49.2 Å². The van der Waals surface area contributed by atoms with E-state index in [9.17, 15) is 9.90 Å². The lowest BCUT2D eigenvalue weighted by atomic mass is 9.72.